The number of pyridine rings is 1. The number of H-pyrrole nitrogens is 1. The fourth-order valence-corrected chi connectivity index (χ4v) is 2.37. The Labute approximate surface area is 133 Å². The summed E-state index contributed by atoms with van der Waals surface area (Å²) in [5.74, 6) is 6.01. The quantitative estimate of drug-likeness (QED) is 0.595. The Morgan fingerprint density at radius 1 is 0.870 bits per heavy atom. The first-order chi connectivity index (χ1) is 11.2. The van der Waals surface area contributed by atoms with Crippen LogP contribution < -0.4 is 14.9 Å². The summed E-state index contributed by atoms with van der Waals surface area (Å²) in [4.78, 5) is 15.8. The molecule has 0 amide bonds. The Hall–Kier alpha value is -3.37. The fourth-order valence-electron chi connectivity index (χ4n) is 2.37. The topological polar surface area (TPSA) is 51.3 Å². The second-order valence-corrected chi connectivity index (χ2v) is 4.85. The monoisotopic (exact) mass is 303 g/mol. The summed E-state index contributed by atoms with van der Waals surface area (Å²) in [5, 5.41) is 1.17. The minimum absolute atomic E-state index is 0.0549. The van der Waals surface area contributed by atoms with E-state index in [9.17, 15) is 4.79 Å². The lowest BCUT2D eigenvalue weighted by Gasteiger charge is -2.08. The molecule has 0 saturated carbocycles. The molecule has 0 aliphatic heterocycles. The lowest BCUT2D eigenvalue weighted by Crippen LogP contribution is -2.05. The van der Waals surface area contributed by atoms with E-state index in [0.717, 1.165) is 0 Å². The first-order valence-corrected chi connectivity index (χ1v) is 6.95. The smallest absolute Gasteiger partial charge is 0.197 e. The summed E-state index contributed by atoms with van der Waals surface area (Å²) < 4.78 is 10.8. The van der Waals surface area contributed by atoms with Gasteiger partial charge >= 0.3 is 0 Å². The van der Waals surface area contributed by atoms with Gasteiger partial charge in [-0.25, -0.2) is 0 Å². The van der Waals surface area contributed by atoms with E-state index in [0.29, 0.717) is 33.3 Å². The molecule has 0 spiro atoms. The summed E-state index contributed by atoms with van der Waals surface area (Å²) in [5.41, 5.74) is 1.29. The summed E-state index contributed by atoms with van der Waals surface area (Å²) in [6.07, 6.45) is 10.4. The number of ether oxygens (including phenoxy) is 2. The molecule has 2 aromatic carbocycles. The number of aromatic amines is 1. The zero-order valence-electron chi connectivity index (χ0n) is 12.3. The van der Waals surface area contributed by atoms with Crippen molar-refractivity contribution in [2.24, 2.45) is 0 Å². The van der Waals surface area contributed by atoms with Gasteiger partial charge < -0.3 is 14.5 Å². The number of rotatable bonds is 4. The fraction of sp³-hybridized carbons (Fsp3) is 0.105. The SMILES string of the molecule is C#CCOc1ccc2c(=O)c3ccc(OCC#C)cc3[nH]c2c1. The van der Waals surface area contributed by atoms with Gasteiger partial charge in [-0.15, -0.1) is 12.8 Å². The molecule has 1 N–H and O–H groups in total. The van der Waals surface area contributed by atoms with Crippen LogP contribution in [-0.4, -0.2) is 18.2 Å². The molecular formula is C19H13NO3. The number of terminal acetylenes is 2. The van der Waals surface area contributed by atoms with Crippen molar-refractivity contribution < 1.29 is 9.47 Å². The first-order valence-electron chi connectivity index (χ1n) is 6.95. The number of hydrogen-bond donors (Lipinski definition) is 1. The van der Waals surface area contributed by atoms with Crippen molar-refractivity contribution in [3.8, 4) is 36.2 Å². The van der Waals surface area contributed by atoms with E-state index in [4.69, 9.17) is 22.3 Å². The maximum Gasteiger partial charge on any atom is 0.197 e. The lowest BCUT2D eigenvalue weighted by atomic mass is 10.1. The maximum absolute atomic E-state index is 12.6. The number of nitrogens with one attached hydrogen (secondary N) is 1. The lowest BCUT2D eigenvalue weighted by molar-refractivity contribution is 0.371. The summed E-state index contributed by atoms with van der Waals surface area (Å²) >= 11 is 0. The molecule has 112 valence electrons. The molecular weight excluding hydrogens is 290 g/mol. The van der Waals surface area contributed by atoms with Crippen molar-refractivity contribution in [3.63, 3.8) is 0 Å². The second-order valence-electron chi connectivity index (χ2n) is 4.85. The van der Waals surface area contributed by atoms with Crippen LogP contribution in [0.2, 0.25) is 0 Å². The Morgan fingerprint density at radius 2 is 1.35 bits per heavy atom. The van der Waals surface area contributed by atoms with Crippen LogP contribution in [0, 0.1) is 24.7 Å². The van der Waals surface area contributed by atoms with Crippen molar-refractivity contribution in [2.45, 2.75) is 0 Å². The van der Waals surface area contributed by atoms with Gasteiger partial charge in [-0.1, -0.05) is 11.8 Å². The molecule has 0 saturated heterocycles. The third-order valence-electron chi connectivity index (χ3n) is 3.38. The molecule has 3 rings (SSSR count). The standard InChI is InChI=1S/C19H13NO3/c1-3-9-22-13-5-7-15-17(11-13)20-18-12-14(23-10-4-2)6-8-16(18)19(15)21/h1-2,5-8,11-12H,9-10H2,(H,20,21). The average molecular weight is 303 g/mol. The molecule has 0 fully saturated rings. The number of aromatic nitrogens is 1. The van der Waals surface area contributed by atoms with Crippen LogP contribution in [0.3, 0.4) is 0 Å². The third kappa shape index (κ3) is 2.84. The zero-order chi connectivity index (χ0) is 16.2. The van der Waals surface area contributed by atoms with Gasteiger partial charge in [-0.3, -0.25) is 4.79 Å². The van der Waals surface area contributed by atoms with E-state index in [1.165, 1.54) is 0 Å². The van der Waals surface area contributed by atoms with Crippen LogP contribution in [0.4, 0.5) is 0 Å². The van der Waals surface area contributed by atoms with Gasteiger partial charge in [0.05, 0.1) is 11.0 Å². The molecule has 0 bridgehead atoms. The number of fused-ring (bicyclic) bond motifs is 2. The Kier molecular flexibility index (Phi) is 3.91. The molecule has 0 aliphatic carbocycles. The van der Waals surface area contributed by atoms with E-state index in [-0.39, 0.29) is 18.6 Å². The Balaban J connectivity index is 2.14. The minimum Gasteiger partial charge on any atom is -0.481 e. The second kappa shape index (κ2) is 6.17. The normalized spacial score (nSPS) is 10.2. The van der Waals surface area contributed by atoms with Crippen molar-refractivity contribution in [1.82, 2.24) is 4.98 Å². The van der Waals surface area contributed by atoms with Crippen molar-refractivity contribution in [2.75, 3.05) is 13.2 Å². The highest BCUT2D eigenvalue weighted by molar-refractivity contribution is 5.93. The highest BCUT2D eigenvalue weighted by Gasteiger charge is 2.07. The Bertz CT molecular complexity index is 940. The predicted molar refractivity (Wildman–Crippen MR) is 90.7 cm³/mol. The molecule has 4 nitrogen and oxygen atoms in total. The highest BCUT2D eigenvalue weighted by Crippen LogP contribution is 2.22. The molecule has 0 unspecified atom stereocenters. The van der Waals surface area contributed by atoms with Gasteiger partial charge in [0.15, 0.2) is 5.43 Å². The third-order valence-corrected chi connectivity index (χ3v) is 3.38. The van der Waals surface area contributed by atoms with E-state index in [2.05, 4.69) is 16.8 Å². The number of hydrogen-bond acceptors (Lipinski definition) is 3. The van der Waals surface area contributed by atoms with E-state index < -0.39 is 0 Å². The van der Waals surface area contributed by atoms with Crippen LogP contribution in [0.15, 0.2) is 41.2 Å². The summed E-state index contributed by atoms with van der Waals surface area (Å²) in [6.45, 7) is 0.348. The maximum atomic E-state index is 12.6. The first kappa shape index (κ1) is 14.6. The van der Waals surface area contributed by atoms with E-state index in [1.54, 1.807) is 36.4 Å². The van der Waals surface area contributed by atoms with E-state index in [1.807, 2.05) is 0 Å². The van der Waals surface area contributed by atoms with Crippen LogP contribution in [-0.2, 0) is 0 Å². The largest absolute Gasteiger partial charge is 0.481 e. The number of benzene rings is 2. The summed E-state index contributed by atoms with van der Waals surface area (Å²) in [6, 6.07) is 10.4. The molecule has 1 aromatic heterocycles. The molecule has 1 heterocycles. The summed E-state index contributed by atoms with van der Waals surface area (Å²) in [7, 11) is 0. The van der Waals surface area contributed by atoms with Crippen LogP contribution in [0.25, 0.3) is 21.8 Å². The van der Waals surface area contributed by atoms with Gasteiger partial charge in [0.1, 0.15) is 24.7 Å². The van der Waals surface area contributed by atoms with Crippen molar-refractivity contribution in [3.05, 3.63) is 46.6 Å². The zero-order valence-corrected chi connectivity index (χ0v) is 12.3. The van der Waals surface area contributed by atoms with Crippen LogP contribution in [0.5, 0.6) is 11.5 Å². The molecule has 0 atom stereocenters. The van der Waals surface area contributed by atoms with Gasteiger partial charge in [0, 0.05) is 22.9 Å². The minimum atomic E-state index is -0.0549. The molecule has 3 aromatic rings. The van der Waals surface area contributed by atoms with Gasteiger partial charge in [-0.05, 0) is 24.3 Å². The predicted octanol–water partition coefficient (Wildman–Crippen LogP) is 2.71. The van der Waals surface area contributed by atoms with E-state index >= 15 is 0 Å². The van der Waals surface area contributed by atoms with Gasteiger partial charge in [-0.2, -0.15) is 0 Å². The van der Waals surface area contributed by atoms with Gasteiger partial charge in [0.2, 0.25) is 0 Å². The van der Waals surface area contributed by atoms with Crippen LogP contribution >= 0.6 is 0 Å². The van der Waals surface area contributed by atoms with Crippen molar-refractivity contribution in [1.29, 1.82) is 0 Å². The molecule has 23 heavy (non-hydrogen) atoms. The van der Waals surface area contributed by atoms with Crippen molar-refractivity contribution >= 4 is 21.8 Å². The average Bonchev–Trinajstić information content (AvgIpc) is 2.57. The van der Waals surface area contributed by atoms with Gasteiger partial charge in [0.25, 0.3) is 0 Å². The van der Waals surface area contributed by atoms with Crippen LogP contribution in [0.1, 0.15) is 0 Å². The molecule has 0 aliphatic rings. The molecule has 4 heteroatoms. The highest BCUT2D eigenvalue weighted by atomic mass is 16.5. The molecule has 0 radical (unpaired) electrons. The Morgan fingerprint density at radius 3 is 1.78 bits per heavy atom.